The van der Waals surface area contributed by atoms with Crippen LogP contribution in [0.1, 0.15) is 12.0 Å². The highest BCUT2D eigenvalue weighted by molar-refractivity contribution is 7.98. The normalized spacial score (nSPS) is 10.2. The summed E-state index contributed by atoms with van der Waals surface area (Å²) in [6.07, 6.45) is 0.868. The quantitative estimate of drug-likeness (QED) is 0.559. The minimum atomic E-state index is 0.282. The van der Waals surface area contributed by atoms with Gasteiger partial charge in [-0.15, -0.1) is 0 Å². The lowest BCUT2D eigenvalue weighted by Gasteiger charge is -2.01. The Labute approximate surface area is 83.1 Å². The smallest absolute Gasteiger partial charge is 0.0438 e. The van der Waals surface area contributed by atoms with Gasteiger partial charge in [-0.3, -0.25) is 0 Å². The highest BCUT2D eigenvalue weighted by atomic mass is 32.2. The van der Waals surface area contributed by atoms with E-state index in [1.807, 2.05) is 30.0 Å². The van der Waals surface area contributed by atoms with Gasteiger partial charge in [0.2, 0.25) is 0 Å². The minimum Gasteiger partial charge on any atom is -0.399 e. The molecule has 0 unspecified atom stereocenters. The van der Waals surface area contributed by atoms with Crippen LogP contribution >= 0.6 is 11.8 Å². The van der Waals surface area contributed by atoms with Crippen molar-refractivity contribution in [2.75, 3.05) is 18.1 Å². The van der Waals surface area contributed by atoms with E-state index in [1.54, 1.807) is 0 Å². The number of benzene rings is 1. The van der Waals surface area contributed by atoms with E-state index in [2.05, 4.69) is 6.07 Å². The molecule has 1 rings (SSSR count). The number of hydrogen-bond acceptors (Lipinski definition) is 3. The largest absolute Gasteiger partial charge is 0.399 e. The molecule has 2 nitrogen and oxygen atoms in total. The average molecular weight is 197 g/mol. The fourth-order valence-electron chi connectivity index (χ4n) is 1.04. The Morgan fingerprint density at radius 3 is 2.92 bits per heavy atom. The van der Waals surface area contributed by atoms with Gasteiger partial charge >= 0.3 is 0 Å². The summed E-state index contributed by atoms with van der Waals surface area (Å²) in [5, 5.41) is 8.57. The first-order chi connectivity index (χ1) is 6.33. The van der Waals surface area contributed by atoms with Crippen molar-refractivity contribution < 1.29 is 5.11 Å². The van der Waals surface area contributed by atoms with Gasteiger partial charge < -0.3 is 10.8 Å². The third kappa shape index (κ3) is 4.20. The molecule has 13 heavy (non-hydrogen) atoms. The van der Waals surface area contributed by atoms with Crippen LogP contribution in [0.15, 0.2) is 24.3 Å². The van der Waals surface area contributed by atoms with Crippen molar-refractivity contribution in [2.45, 2.75) is 12.2 Å². The summed E-state index contributed by atoms with van der Waals surface area (Å²) in [5.74, 6) is 1.98. The first-order valence-corrected chi connectivity index (χ1v) is 5.51. The Morgan fingerprint density at radius 2 is 2.23 bits per heavy atom. The number of nitrogen functional groups attached to an aromatic ring is 1. The van der Waals surface area contributed by atoms with Gasteiger partial charge in [-0.25, -0.2) is 0 Å². The fourth-order valence-corrected chi connectivity index (χ4v) is 1.93. The van der Waals surface area contributed by atoms with Crippen molar-refractivity contribution in [3.05, 3.63) is 29.8 Å². The molecule has 0 amide bonds. The van der Waals surface area contributed by atoms with Crippen LogP contribution in [0.5, 0.6) is 0 Å². The third-order valence-corrected chi connectivity index (χ3v) is 2.78. The number of hydrogen-bond donors (Lipinski definition) is 2. The van der Waals surface area contributed by atoms with Crippen molar-refractivity contribution in [3.8, 4) is 0 Å². The Kier molecular flexibility index (Phi) is 4.72. The first kappa shape index (κ1) is 10.4. The maximum atomic E-state index is 8.57. The molecule has 0 aliphatic heterocycles. The molecule has 0 aromatic heterocycles. The van der Waals surface area contributed by atoms with E-state index in [0.29, 0.717) is 0 Å². The molecule has 3 N–H and O–H groups in total. The van der Waals surface area contributed by atoms with E-state index >= 15 is 0 Å². The second-order valence-corrected chi connectivity index (χ2v) is 3.98. The topological polar surface area (TPSA) is 46.2 Å². The van der Waals surface area contributed by atoms with E-state index in [4.69, 9.17) is 10.8 Å². The minimum absolute atomic E-state index is 0.282. The van der Waals surface area contributed by atoms with Gasteiger partial charge in [-0.05, 0) is 29.9 Å². The summed E-state index contributed by atoms with van der Waals surface area (Å²) in [6, 6.07) is 7.92. The Hall–Kier alpha value is -0.670. The van der Waals surface area contributed by atoms with Crippen LogP contribution in [0.2, 0.25) is 0 Å². The summed E-state index contributed by atoms with van der Waals surface area (Å²) in [6.45, 7) is 0.282. The van der Waals surface area contributed by atoms with E-state index in [-0.39, 0.29) is 6.61 Å². The Bertz CT molecular complexity index is 252. The molecule has 72 valence electrons. The number of aliphatic hydroxyl groups excluding tert-OH is 1. The van der Waals surface area contributed by atoms with Crippen LogP contribution < -0.4 is 5.73 Å². The van der Waals surface area contributed by atoms with Gasteiger partial charge in [0.25, 0.3) is 0 Å². The Balaban J connectivity index is 2.28. The highest BCUT2D eigenvalue weighted by Crippen LogP contribution is 2.14. The molecule has 0 heterocycles. The second kappa shape index (κ2) is 5.89. The first-order valence-electron chi connectivity index (χ1n) is 4.36. The molecule has 0 spiro atoms. The van der Waals surface area contributed by atoms with Gasteiger partial charge in [0.05, 0.1) is 0 Å². The number of aliphatic hydroxyl groups is 1. The SMILES string of the molecule is Nc1cccc(CSCCCO)c1. The van der Waals surface area contributed by atoms with Gasteiger partial charge in [-0.1, -0.05) is 12.1 Å². The fraction of sp³-hybridized carbons (Fsp3) is 0.400. The molecule has 0 aliphatic rings. The predicted molar refractivity (Wildman–Crippen MR) is 58.7 cm³/mol. The van der Waals surface area contributed by atoms with Crippen LogP contribution in [0.4, 0.5) is 5.69 Å². The van der Waals surface area contributed by atoms with E-state index in [1.165, 1.54) is 5.56 Å². The molecule has 0 aliphatic carbocycles. The van der Waals surface area contributed by atoms with Gasteiger partial charge in [0, 0.05) is 18.0 Å². The Morgan fingerprint density at radius 1 is 1.38 bits per heavy atom. The molecule has 0 fully saturated rings. The van der Waals surface area contributed by atoms with Crippen molar-refractivity contribution in [2.24, 2.45) is 0 Å². The molecule has 0 saturated carbocycles. The molecule has 0 bridgehead atoms. The van der Waals surface area contributed by atoms with Crippen LogP contribution in [-0.4, -0.2) is 17.5 Å². The number of thioether (sulfide) groups is 1. The van der Waals surface area contributed by atoms with Crippen LogP contribution in [0.3, 0.4) is 0 Å². The summed E-state index contributed by atoms with van der Waals surface area (Å²) in [5.41, 5.74) is 7.71. The van der Waals surface area contributed by atoms with Crippen molar-refractivity contribution >= 4 is 17.4 Å². The van der Waals surface area contributed by atoms with E-state index < -0.39 is 0 Å². The molecule has 1 aromatic carbocycles. The molecular formula is C10H15NOS. The molecule has 0 radical (unpaired) electrons. The van der Waals surface area contributed by atoms with Gasteiger partial charge in [0.1, 0.15) is 0 Å². The van der Waals surface area contributed by atoms with Crippen LogP contribution in [0, 0.1) is 0 Å². The van der Waals surface area contributed by atoms with Gasteiger partial charge in [-0.2, -0.15) is 11.8 Å². The molecule has 0 saturated heterocycles. The maximum Gasteiger partial charge on any atom is 0.0438 e. The zero-order chi connectivity index (χ0) is 9.52. The lowest BCUT2D eigenvalue weighted by atomic mass is 10.2. The average Bonchev–Trinajstić information content (AvgIpc) is 2.13. The number of nitrogens with two attached hydrogens (primary N) is 1. The second-order valence-electron chi connectivity index (χ2n) is 2.87. The van der Waals surface area contributed by atoms with Gasteiger partial charge in [0.15, 0.2) is 0 Å². The zero-order valence-corrected chi connectivity index (χ0v) is 8.39. The van der Waals surface area contributed by atoms with Crippen molar-refractivity contribution in [3.63, 3.8) is 0 Å². The monoisotopic (exact) mass is 197 g/mol. The zero-order valence-electron chi connectivity index (χ0n) is 7.57. The lowest BCUT2D eigenvalue weighted by Crippen LogP contribution is -1.89. The van der Waals surface area contributed by atoms with E-state index in [0.717, 1.165) is 23.6 Å². The number of rotatable bonds is 5. The molecule has 0 atom stereocenters. The van der Waals surface area contributed by atoms with Crippen LogP contribution in [0.25, 0.3) is 0 Å². The van der Waals surface area contributed by atoms with Crippen molar-refractivity contribution in [1.82, 2.24) is 0 Å². The molecular weight excluding hydrogens is 182 g/mol. The number of anilines is 1. The van der Waals surface area contributed by atoms with Crippen molar-refractivity contribution in [1.29, 1.82) is 0 Å². The predicted octanol–water partition coefficient (Wildman–Crippen LogP) is 1.88. The summed E-state index contributed by atoms with van der Waals surface area (Å²) in [7, 11) is 0. The summed E-state index contributed by atoms with van der Waals surface area (Å²) in [4.78, 5) is 0. The lowest BCUT2D eigenvalue weighted by molar-refractivity contribution is 0.296. The maximum absolute atomic E-state index is 8.57. The van der Waals surface area contributed by atoms with Crippen LogP contribution in [-0.2, 0) is 5.75 Å². The molecule has 1 aromatic rings. The standard InChI is InChI=1S/C10H15NOS/c11-10-4-1-3-9(7-10)8-13-6-2-5-12/h1,3-4,7,12H,2,5-6,8,11H2. The molecule has 3 heteroatoms. The third-order valence-electron chi connectivity index (χ3n) is 1.67. The summed E-state index contributed by atoms with van der Waals surface area (Å²) < 4.78 is 0. The van der Waals surface area contributed by atoms with E-state index in [9.17, 15) is 0 Å². The summed E-state index contributed by atoms with van der Waals surface area (Å²) >= 11 is 1.82. The highest BCUT2D eigenvalue weighted by Gasteiger charge is 1.93.